The molecule has 1 fully saturated rings. The fraction of sp³-hybridized carbons (Fsp3) is 0.533. The predicted octanol–water partition coefficient (Wildman–Crippen LogP) is 1.66. The molecular formula is C15H21FN2O3S. The van der Waals surface area contributed by atoms with Gasteiger partial charge in [-0.2, -0.15) is 0 Å². The maximum atomic E-state index is 12.8. The largest absolute Gasteiger partial charge is 0.326 e. The van der Waals surface area contributed by atoms with E-state index in [-0.39, 0.29) is 35.7 Å². The van der Waals surface area contributed by atoms with Crippen molar-refractivity contribution in [1.29, 1.82) is 0 Å². The Bertz CT molecular complexity index is 616. The van der Waals surface area contributed by atoms with Crippen LogP contribution in [0.3, 0.4) is 0 Å². The molecule has 0 saturated carbocycles. The molecule has 7 heteroatoms. The third kappa shape index (κ3) is 4.78. The summed E-state index contributed by atoms with van der Waals surface area (Å²) in [5.74, 6) is -0.0976. The van der Waals surface area contributed by atoms with Gasteiger partial charge in [-0.25, -0.2) is 12.8 Å². The second-order valence-electron chi connectivity index (χ2n) is 5.49. The quantitative estimate of drug-likeness (QED) is 0.862. The van der Waals surface area contributed by atoms with Crippen LogP contribution in [0.1, 0.15) is 19.8 Å². The number of rotatable bonds is 6. The first-order valence-electron chi connectivity index (χ1n) is 7.39. The monoisotopic (exact) mass is 328 g/mol. The Morgan fingerprint density at radius 3 is 2.59 bits per heavy atom. The number of carbonyl (C=O) groups excluding carboxylic acids is 1. The van der Waals surface area contributed by atoms with Crippen molar-refractivity contribution in [3.05, 3.63) is 30.1 Å². The van der Waals surface area contributed by atoms with Crippen molar-refractivity contribution in [2.45, 2.75) is 25.8 Å². The Balaban J connectivity index is 1.82. The molecule has 1 aromatic carbocycles. The lowest BCUT2D eigenvalue weighted by atomic mass is 10.2. The Labute approximate surface area is 130 Å². The molecule has 0 spiro atoms. The van der Waals surface area contributed by atoms with Gasteiger partial charge in [-0.1, -0.05) is 6.92 Å². The fourth-order valence-electron chi connectivity index (χ4n) is 2.66. The lowest BCUT2D eigenvalue weighted by molar-refractivity contribution is -0.116. The minimum Gasteiger partial charge on any atom is -0.326 e. The minimum atomic E-state index is -2.92. The van der Waals surface area contributed by atoms with Gasteiger partial charge in [-0.15, -0.1) is 0 Å². The van der Waals surface area contributed by atoms with Crippen LogP contribution in [-0.4, -0.2) is 49.9 Å². The van der Waals surface area contributed by atoms with Crippen LogP contribution in [0, 0.1) is 5.82 Å². The molecule has 1 aromatic rings. The highest BCUT2D eigenvalue weighted by atomic mass is 32.2. The number of sulfone groups is 1. The number of benzene rings is 1. The van der Waals surface area contributed by atoms with Crippen LogP contribution in [0.4, 0.5) is 10.1 Å². The van der Waals surface area contributed by atoms with Crippen molar-refractivity contribution in [1.82, 2.24) is 4.90 Å². The Kier molecular flexibility index (Phi) is 5.52. The van der Waals surface area contributed by atoms with Crippen molar-refractivity contribution in [3.8, 4) is 0 Å². The summed E-state index contributed by atoms with van der Waals surface area (Å²) < 4.78 is 35.9. The van der Waals surface area contributed by atoms with E-state index in [9.17, 15) is 17.6 Å². The van der Waals surface area contributed by atoms with Crippen molar-refractivity contribution < 1.29 is 17.6 Å². The van der Waals surface area contributed by atoms with Gasteiger partial charge >= 0.3 is 0 Å². The van der Waals surface area contributed by atoms with Gasteiger partial charge in [0.25, 0.3) is 0 Å². The van der Waals surface area contributed by atoms with Gasteiger partial charge in [0.1, 0.15) is 5.82 Å². The number of nitrogens with one attached hydrogen (secondary N) is 1. The maximum absolute atomic E-state index is 12.8. The number of halogens is 1. The van der Waals surface area contributed by atoms with E-state index in [4.69, 9.17) is 0 Å². The predicted molar refractivity (Wildman–Crippen MR) is 84.0 cm³/mol. The topological polar surface area (TPSA) is 66.5 Å². The maximum Gasteiger partial charge on any atom is 0.225 e. The molecule has 122 valence electrons. The fourth-order valence-corrected chi connectivity index (χ4v) is 4.43. The lowest BCUT2D eigenvalue weighted by Crippen LogP contribution is -2.38. The summed E-state index contributed by atoms with van der Waals surface area (Å²) in [6, 6.07) is 5.60. The molecule has 0 aliphatic carbocycles. The number of amides is 1. The Morgan fingerprint density at radius 1 is 1.36 bits per heavy atom. The van der Waals surface area contributed by atoms with Crippen LogP contribution >= 0.6 is 0 Å². The van der Waals surface area contributed by atoms with E-state index in [0.717, 1.165) is 0 Å². The van der Waals surface area contributed by atoms with Crippen molar-refractivity contribution in [3.63, 3.8) is 0 Å². The van der Waals surface area contributed by atoms with Gasteiger partial charge in [0, 0.05) is 24.7 Å². The molecule has 22 heavy (non-hydrogen) atoms. The zero-order valence-corrected chi connectivity index (χ0v) is 13.4. The molecule has 1 aliphatic rings. The Morgan fingerprint density at radius 2 is 2.05 bits per heavy atom. The standard InChI is InChI=1S/C15H21FN2O3S/c1-2-18(14-8-10-22(20,21)11-14)9-7-15(19)17-13-5-3-12(16)4-6-13/h3-6,14H,2,7-11H2,1H3,(H,17,19). The average molecular weight is 328 g/mol. The summed E-state index contributed by atoms with van der Waals surface area (Å²) in [6.45, 7) is 3.19. The van der Waals surface area contributed by atoms with Crippen LogP contribution in [0.2, 0.25) is 0 Å². The SMILES string of the molecule is CCN(CCC(=O)Nc1ccc(F)cc1)C1CCS(=O)(=O)C1. The smallest absolute Gasteiger partial charge is 0.225 e. The van der Waals surface area contributed by atoms with E-state index in [1.54, 1.807) is 0 Å². The average Bonchev–Trinajstić information content (AvgIpc) is 2.82. The molecule has 1 amide bonds. The van der Waals surface area contributed by atoms with Crippen LogP contribution in [-0.2, 0) is 14.6 Å². The summed E-state index contributed by atoms with van der Waals surface area (Å²) in [5, 5.41) is 2.70. The molecule has 1 heterocycles. The minimum absolute atomic E-state index is 0.00798. The number of hydrogen-bond acceptors (Lipinski definition) is 4. The molecule has 0 aromatic heterocycles. The Hall–Kier alpha value is -1.47. The van der Waals surface area contributed by atoms with Crippen LogP contribution < -0.4 is 5.32 Å². The van der Waals surface area contributed by atoms with Crippen molar-refractivity contribution in [2.24, 2.45) is 0 Å². The molecule has 1 saturated heterocycles. The summed E-state index contributed by atoms with van der Waals surface area (Å²) in [7, 11) is -2.92. The van der Waals surface area contributed by atoms with E-state index in [0.29, 0.717) is 25.2 Å². The van der Waals surface area contributed by atoms with Crippen LogP contribution in [0.5, 0.6) is 0 Å². The first-order valence-corrected chi connectivity index (χ1v) is 9.21. The second kappa shape index (κ2) is 7.19. The van der Waals surface area contributed by atoms with Gasteiger partial charge in [-0.3, -0.25) is 9.69 Å². The molecule has 1 N–H and O–H groups in total. The number of anilines is 1. The highest BCUT2D eigenvalue weighted by Crippen LogP contribution is 2.18. The lowest BCUT2D eigenvalue weighted by Gasteiger charge is -2.26. The third-order valence-corrected chi connectivity index (χ3v) is 5.64. The van der Waals surface area contributed by atoms with Gasteiger partial charge in [-0.05, 0) is 37.2 Å². The summed E-state index contributed by atoms with van der Waals surface area (Å²) >= 11 is 0. The molecule has 0 bridgehead atoms. The van der Waals surface area contributed by atoms with Crippen LogP contribution in [0.15, 0.2) is 24.3 Å². The molecule has 0 radical (unpaired) electrons. The molecule has 1 unspecified atom stereocenters. The number of hydrogen-bond donors (Lipinski definition) is 1. The third-order valence-electron chi connectivity index (χ3n) is 3.89. The van der Waals surface area contributed by atoms with Crippen molar-refractivity contribution in [2.75, 3.05) is 29.9 Å². The van der Waals surface area contributed by atoms with Gasteiger partial charge < -0.3 is 5.32 Å². The zero-order valence-electron chi connectivity index (χ0n) is 12.6. The van der Waals surface area contributed by atoms with Gasteiger partial charge in [0.15, 0.2) is 9.84 Å². The summed E-state index contributed by atoms with van der Waals surface area (Å²) in [5.41, 5.74) is 0.554. The summed E-state index contributed by atoms with van der Waals surface area (Å²) in [6.07, 6.45) is 0.914. The summed E-state index contributed by atoms with van der Waals surface area (Å²) in [4.78, 5) is 13.9. The molecule has 5 nitrogen and oxygen atoms in total. The first kappa shape index (κ1) is 16.9. The van der Waals surface area contributed by atoms with E-state index >= 15 is 0 Å². The first-order chi connectivity index (χ1) is 10.4. The normalized spacial score (nSPS) is 20.2. The van der Waals surface area contributed by atoms with Crippen LogP contribution in [0.25, 0.3) is 0 Å². The van der Waals surface area contributed by atoms with Crippen molar-refractivity contribution >= 4 is 21.4 Å². The van der Waals surface area contributed by atoms with E-state index in [2.05, 4.69) is 5.32 Å². The second-order valence-corrected chi connectivity index (χ2v) is 7.72. The number of nitrogens with zero attached hydrogens (tertiary/aromatic N) is 1. The highest BCUT2D eigenvalue weighted by molar-refractivity contribution is 7.91. The molecule has 1 aliphatic heterocycles. The van der Waals surface area contributed by atoms with E-state index in [1.165, 1.54) is 24.3 Å². The molecule has 2 rings (SSSR count). The molecule has 1 atom stereocenters. The van der Waals surface area contributed by atoms with Gasteiger partial charge in [0.2, 0.25) is 5.91 Å². The van der Waals surface area contributed by atoms with E-state index < -0.39 is 9.84 Å². The zero-order chi connectivity index (χ0) is 16.2. The van der Waals surface area contributed by atoms with E-state index in [1.807, 2.05) is 11.8 Å². The number of carbonyl (C=O) groups is 1. The van der Waals surface area contributed by atoms with Gasteiger partial charge in [0.05, 0.1) is 11.5 Å². The highest BCUT2D eigenvalue weighted by Gasteiger charge is 2.31. The molecular weight excluding hydrogens is 307 g/mol.